The molecule has 0 N–H and O–H groups in total. The van der Waals surface area contributed by atoms with Crippen LogP contribution in [0.5, 0.6) is 5.75 Å². The molecule has 148 valence electrons. The van der Waals surface area contributed by atoms with Crippen LogP contribution in [-0.2, 0) is 5.75 Å². The molecule has 0 spiro atoms. The van der Waals surface area contributed by atoms with E-state index in [0.29, 0.717) is 36.0 Å². The number of carbonyl (C=O) groups is 1. The number of carbonyl (C=O) groups excluding carboxylic acids is 1. The van der Waals surface area contributed by atoms with Gasteiger partial charge in [-0.1, -0.05) is 65.8 Å². The third-order valence-electron chi connectivity index (χ3n) is 4.73. The Labute approximate surface area is 179 Å². The Balaban J connectivity index is 1.61. The second-order valence-corrected chi connectivity index (χ2v) is 8.01. The van der Waals surface area contributed by atoms with Gasteiger partial charge in [0.1, 0.15) is 5.75 Å². The molecule has 0 saturated carbocycles. The number of ether oxygens (including phenoxy) is 1. The molecule has 0 bridgehead atoms. The number of fused-ring (bicyclic) bond motifs is 1. The highest BCUT2D eigenvalue weighted by molar-refractivity contribution is 8.13. The van der Waals surface area contributed by atoms with Gasteiger partial charge in [-0.2, -0.15) is 0 Å². The molecule has 6 heteroatoms. The van der Waals surface area contributed by atoms with Crippen LogP contribution in [0.3, 0.4) is 0 Å². The van der Waals surface area contributed by atoms with Crippen molar-refractivity contribution in [2.24, 2.45) is 4.99 Å². The fraction of sp³-hybridized carbons (Fsp3) is 0.217. The summed E-state index contributed by atoms with van der Waals surface area (Å²) in [6.45, 7) is 3.62. The lowest BCUT2D eigenvalue weighted by atomic mass is 10.0. The minimum absolute atomic E-state index is 0.0647. The van der Waals surface area contributed by atoms with Crippen LogP contribution in [-0.4, -0.2) is 35.7 Å². The zero-order valence-electron chi connectivity index (χ0n) is 16.1. The maximum absolute atomic E-state index is 13.6. The number of rotatable bonds is 5. The van der Waals surface area contributed by atoms with Gasteiger partial charge in [0.05, 0.1) is 18.7 Å². The average molecular weight is 425 g/mol. The zero-order valence-corrected chi connectivity index (χ0v) is 17.7. The van der Waals surface area contributed by atoms with Crippen molar-refractivity contribution in [1.82, 2.24) is 4.90 Å². The second-order valence-electron chi connectivity index (χ2n) is 6.63. The summed E-state index contributed by atoms with van der Waals surface area (Å²) in [5.74, 6) is 1.28. The summed E-state index contributed by atoms with van der Waals surface area (Å²) < 4.78 is 5.79. The van der Waals surface area contributed by atoms with Crippen LogP contribution in [0.1, 0.15) is 22.8 Å². The lowest BCUT2D eigenvalue weighted by molar-refractivity contribution is 0.0858. The van der Waals surface area contributed by atoms with Gasteiger partial charge in [0.2, 0.25) is 0 Å². The Bertz CT molecular complexity index is 1070. The van der Waals surface area contributed by atoms with E-state index in [0.717, 1.165) is 27.3 Å². The Hall–Kier alpha value is -2.50. The summed E-state index contributed by atoms with van der Waals surface area (Å²) in [5.41, 5.74) is 1.74. The number of hydrogen-bond acceptors (Lipinski definition) is 4. The van der Waals surface area contributed by atoms with Crippen molar-refractivity contribution in [3.05, 3.63) is 76.8 Å². The largest absolute Gasteiger partial charge is 0.493 e. The lowest BCUT2D eigenvalue weighted by Crippen LogP contribution is -2.33. The Kier molecular flexibility index (Phi) is 6.07. The van der Waals surface area contributed by atoms with Crippen LogP contribution < -0.4 is 4.74 Å². The predicted molar refractivity (Wildman–Crippen MR) is 121 cm³/mol. The van der Waals surface area contributed by atoms with E-state index in [1.807, 2.05) is 67.6 Å². The minimum atomic E-state index is -0.0647. The van der Waals surface area contributed by atoms with Crippen LogP contribution in [0.15, 0.2) is 65.7 Å². The number of nitrogens with zero attached hydrogens (tertiary/aromatic N) is 2. The Morgan fingerprint density at radius 3 is 2.72 bits per heavy atom. The van der Waals surface area contributed by atoms with E-state index in [9.17, 15) is 4.79 Å². The van der Waals surface area contributed by atoms with Crippen molar-refractivity contribution in [2.75, 3.05) is 19.7 Å². The lowest BCUT2D eigenvalue weighted by Gasteiger charge is -2.21. The van der Waals surface area contributed by atoms with Gasteiger partial charge in [-0.15, -0.1) is 0 Å². The fourth-order valence-corrected chi connectivity index (χ4v) is 4.48. The van der Waals surface area contributed by atoms with Crippen LogP contribution in [0.2, 0.25) is 5.02 Å². The van der Waals surface area contributed by atoms with Crippen LogP contribution in [0.4, 0.5) is 0 Å². The van der Waals surface area contributed by atoms with E-state index in [4.69, 9.17) is 16.3 Å². The predicted octanol–water partition coefficient (Wildman–Crippen LogP) is 5.64. The molecule has 0 fully saturated rings. The number of amides is 1. The zero-order chi connectivity index (χ0) is 20.2. The molecule has 0 atom stereocenters. The third-order valence-corrected chi connectivity index (χ3v) is 6.07. The highest BCUT2D eigenvalue weighted by atomic mass is 35.5. The first-order valence-electron chi connectivity index (χ1n) is 9.55. The van der Waals surface area contributed by atoms with Crippen molar-refractivity contribution >= 4 is 45.2 Å². The minimum Gasteiger partial charge on any atom is -0.493 e. The Morgan fingerprint density at radius 2 is 1.93 bits per heavy atom. The first-order valence-corrected chi connectivity index (χ1v) is 10.9. The molecule has 3 aromatic carbocycles. The molecule has 1 amide bonds. The summed E-state index contributed by atoms with van der Waals surface area (Å²) in [6, 6.07) is 19.5. The highest BCUT2D eigenvalue weighted by Crippen LogP contribution is 2.31. The van der Waals surface area contributed by atoms with Gasteiger partial charge in [0.15, 0.2) is 5.17 Å². The Morgan fingerprint density at radius 1 is 1.14 bits per heavy atom. The van der Waals surface area contributed by atoms with Gasteiger partial charge in [0.25, 0.3) is 5.91 Å². The van der Waals surface area contributed by atoms with Crippen molar-refractivity contribution in [3.63, 3.8) is 0 Å². The molecule has 0 aliphatic carbocycles. The SMILES string of the molecule is CCOc1ccc2ccccc2c1C(=O)N1CCN=C1SCc1ccc(Cl)cc1. The molecule has 29 heavy (non-hydrogen) atoms. The van der Waals surface area contributed by atoms with E-state index < -0.39 is 0 Å². The first-order chi connectivity index (χ1) is 14.2. The number of aliphatic imine (C=N–C) groups is 1. The summed E-state index contributed by atoms with van der Waals surface area (Å²) in [4.78, 5) is 19.9. The molecule has 0 saturated heterocycles. The smallest absolute Gasteiger partial charge is 0.264 e. The molecule has 3 aromatic rings. The molecule has 4 rings (SSSR count). The van der Waals surface area contributed by atoms with Gasteiger partial charge in [-0.05, 0) is 41.5 Å². The van der Waals surface area contributed by atoms with Crippen LogP contribution in [0, 0.1) is 0 Å². The molecule has 0 unspecified atom stereocenters. The maximum atomic E-state index is 13.6. The van der Waals surface area contributed by atoms with Gasteiger partial charge in [-0.3, -0.25) is 14.7 Å². The highest BCUT2D eigenvalue weighted by Gasteiger charge is 2.28. The molecule has 1 aliphatic heterocycles. The van der Waals surface area contributed by atoms with Crippen molar-refractivity contribution in [3.8, 4) is 5.75 Å². The van der Waals surface area contributed by atoms with E-state index >= 15 is 0 Å². The molecule has 0 radical (unpaired) electrons. The summed E-state index contributed by atoms with van der Waals surface area (Å²) in [7, 11) is 0. The van der Waals surface area contributed by atoms with Gasteiger partial charge >= 0.3 is 0 Å². The fourth-order valence-electron chi connectivity index (χ4n) is 3.35. The number of amidine groups is 1. The first kappa shape index (κ1) is 19.8. The molecule has 4 nitrogen and oxygen atoms in total. The molecule has 0 aromatic heterocycles. The van der Waals surface area contributed by atoms with E-state index in [2.05, 4.69) is 4.99 Å². The van der Waals surface area contributed by atoms with E-state index in [1.54, 1.807) is 16.7 Å². The monoisotopic (exact) mass is 424 g/mol. The van der Waals surface area contributed by atoms with Gasteiger partial charge in [-0.25, -0.2) is 0 Å². The van der Waals surface area contributed by atoms with Crippen LogP contribution >= 0.6 is 23.4 Å². The van der Waals surface area contributed by atoms with Crippen LogP contribution in [0.25, 0.3) is 10.8 Å². The molecular weight excluding hydrogens is 404 g/mol. The molecule has 1 aliphatic rings. The van der Waals surface area contributed by atoms with Gasteiger partial charge in [0, 0.05) is 17.3 Å². The van der Waals surface area contributed by atoms with Crippen molar-refractivity contribution in [1.29, 1.82) is 0 Å². The molecule has 1 heterocycles. The summed E-state index contributed by atoms with van der Waals surface area (Å²) >= 11 is 7.53. The van der Waals surface area contributed by atoms with Crippen molar-refractivity contribution in [2.45, 2.75) is 12.7 Å². The number of benzene rings is 3. The summed E-state index contributed by atoms with van der Waals surface area (Å²) in [5, 5.41) is 3.39. The topological polar surface area (TPSA) is 41.9 Å². The van der Waals surface area contributed by atoms with Gasteiger partial charge < -0.3 is 4.74 Å². The van der Waals surface area contributed by atoms with E-state index in [1.165, 1.54) is 0 Å². The number of hydrogen-bond donors (Lipinski definition) is 0. The summed E-state index contributed by atoms with van der Waals surface area (Å²) in [6.07, 6.45) is 0. The third kappa shape index (κ3) is 4.26. The number of halogens is 1. The normalized spacial score (nSPS) is 13.6. The maximum Gasteiger partial charge on any atom is 0.264 e. The molecular formula is C23H21ClN2O2S. The second kappa shape index (κ2) is 8.89. The number of thioether (sulfide) groups is 1. The average Bonchev–Trinajstić information content (AvgIpc) is 3.21. The standard InChI is InChI=1S/C23H21ClN2O2S/c1-2-28-20-12-9-17-5-3-4-6-19(17)21(20)22(27)26-14-13-25-23(26)29-15-16-7-10-18(24)11-8-16/h3-12H,2,13-15H2,1H3. The van der Waals surface area contributed by atoms with E-state index in [-0.39, 0.29) is 5.91 Å². The van der Waals surface area contributed by atoms with Crippen molar-refractivity contribution < 1.29 is 9.53 Å². The quantitative estimate of drug-likeness (QED) is 0.532.